The number of aliphatic carboxylic acids is 1. The molecule has 2 amide bonds. The minimum absolute atomic E-state index is 0.0998. The van der Waals surface area contributed by atoms with E-state index in [4.69, 9.17) is 5.11 Å². The number of likely N-dealkylation sites (tertiary alicyclic amines) is 1. The van der Waals surface area contributed by atoms with Crippen molar-refractivity contribution in [2.24, 2.45) is 5.92 Å². The van der Waals surface area contributed by atoms with Gasteiger partial charge in [0, 0.05) is 19.6 Å². The van der Waals surface area contributed by atoms with Crippen LogP contribution in [-0.2, 0) is 14.3 Å². The zero-order valence-corrected chi connectivity index (χ0v) is 12.0. The molecule has 1 aliphatic heterocycles. The predicted molar refractivity (Wildman–Crippen MR) is 71.2 cm³/mol. The summed E-state index contributed by atoms with van der Waals surface area (Å²) < 4.78 is 4.58. The zero-order chi connectivity index (χ0) is 15.1. The molecule has 1 saturated heterocycles. The standard InChI is InChI=1S/C13H22N2O5/c1-3-6-14(9-11(16)20-2)13(19)15-7-4-5-10(8-15)12(17)18/h10H,3-9H2,1-2H3,(H,17,18)/t10-/m0/s1. The highest BCUT2D eigenvalue weighted by Gasteiger charge is 2.30. The van der Waals surface area contributed by atoms with E-state index in [1.165, 1.54) is 16.9 Å². The van der Waals surface area contributed by atoms with Gasteiger partial charge in [-0.1, -0.05) is 6.92 Å². The Morgan fingerprint density at radius 1 is 1.40 bits per heavy atom. The third-order valence-corrected chi connectivity index (χ3v) is 3.35. The number of carboxylic acids is 1. The number of hydrogen-bond donors (Lipinski definition) is 1. The van der Waals surface area contributed by atoms with Crippen LogP contribution in [0.25, 0.3) is 0 Å². The number of carboxylic acid groups (broad SMARTS) is 1. The number of rotatable bonds is 5. The van der Waals surface area contributed by atoms with Crippen molar-refractivity contribution in [1.82, 2.24) is 9.80 Å². The molecule has 0 aromatic heterocycles. The van der Waals surface area contributed by atoms with Crippen molar-refractivity contribution in [3.05, 3.63) is 0 Å². The number of carbonyl (C=O) groups excluding carboxylic acids is 2. The molecule has 0 aromatic rings. The molecule has 20 heavy (non-hydrogen) atoms. The molecule has 1 heterocycles. The van der Waals surface area contributed by atoms with E-state index >= 15 is 0 Å². The maximum Gasteiger partial charge on any atom is 0.325 e. The fourth-order valence-corrected chi connectivity index (χ4v) is 2.29. The Bertz CT molecular complexity index is 372. The van der Waals surface area contributed by atoms with E-state index in [9.17, 15) is 14.4 Å². The molecule has 0 spiro atoms. The van der Waals surface area contributed by atoms with Gasteiger partial charge in [-0.25, -0.2) is 4.79 Å². The van der Waals surface area contributed by atoms with E-state index in [2.05, 4.69) is 4.74 Å². The van der Waals surface area contributed by atoms with Gasteiger partial charge >= 0.3 is 18.0 Å². The van der Waals surface area contributed by atoms with Gasteiger partial charge in [0.1, 0.15) is 6.54 Å². The Hall–Kier alpha value is -1.79. The summed E-state index contributed by atoms with van der Waals surface area (Å²) in [5, 5.41) is 9.04. The highest BCUT2D eigenvalue weighted by atomic mass is 16.5. The van der Waals surface area contributed by atoms with Crippen LogP contribution in [0.3, 0.4) is 0 Å². The van der Waals surface area contributed by atoms with Crippen molar-refractivity contribution in [2.75, 3.05) is 33.3 Å². The van der Waals surface area contributed by atoms with Crippen LogP contribution < -0.4 is 0 Å². The molecule has 1 atom stereocenters. The summed E-state index contributed by atoms with van der Waals surface area (Å²) in [6, 6.07) is -0.289. The molecule has 0 unspecified atom stereocenters. The van der Waals surface area contributed by atoms with Gasteiger partial charge in [-0.05, 0) is 19.3 Å². The Morgan fingerprint density at radius 2 is 2.10 bits per heavy atom. The molecule has 1 rings (SSSR count). The number of ether oxygens (including phenoxy) is 1. The number of hydrogen-bond acceptors (Lipinski definition) is 4. The minimum Gasteiger partial charge on any atom is -0.481 e. The molecule has 7 heteroatoms. The van der Waals surface area contributed by atoms with Gasteiger partial charge in [0.05, 0.1) is 13.0 Å². The summed E-state index contributed by atoms with van der Waals surface area (Å²) in [5.74, 6) is -1.87. The first-order valence-electron chi connectivity index (χ1n) is 6.83. The Labute approximate surface area is 118 Å². The Kier molecular flexibility index (Phi) is 6.27. The molecular weight excluding hydrogens is 264 g/mol. The lowest BCUT2D eigenvalue weighted by molar-refractivity contribution is -0.144. The third kappa shape index (κ3) is 4.40. The van der Waals surface area contributed by atoms with Crippen LogP contribution in [-0.4, -0.2) is 66.2 Å². The van der Waals surface area contributed by atoms with Crippen molar-refractivity contribution >= 4 is 18.0 Å². The number of piperidine rings is 1. The topological polar surface area (TPSA) is 87.2 Å². The highest BCUT2D eigenvalue weighted by molar-refractivity contribution is 5.81. The summed E-state index contributed by atoms with van der Waals surface area (Å²) in [7, 11) is 1.28. The maximum absolute atomic E-state index is 12.4. The summed E-state index contributed by atoms with van der Waals surface area (Å²) >= 11 is 0. The van der Waals surface area contributed by atoms with Crippen LogP contribution in [0.5, 0.6) is 0 Å². The molecule has 0 aliphatic carbocycles. The van der Waals surface area contributed by atoms with Gasteiger partial charge in [-0.15, -0.1) is 0 Å². The fraction of sp³-hybridized carbons (Fsp3) is 0.769. The smallest absolute Gasteiger partial charge is 0.325 e. The second-order valence-corrected chi connectivity index (χ2v) is 4.90. The first kappa shape index (κ1) is 16.3. The van der Waals surface area contributed by atoms with E-state index < -0.39 is 17.9 Å². The zero-order valence-electron chi connectivity index (χ0n) is 12.0. The predicted octanol–water partition coefficient (Wildman–Crippen LogP) is 0.788. The van der Waals surface area contributed by atoms with E-state index in [0.717, 1.165) is 6.42 Å². The first-order chi connectivity index (χ1) is 9.49. The summed E-state index contributed by atoms with van der Waals surface area (Å²) in [6.45, 7) is 2.99. The van der Waals surface area contributed by atoms with Crippen molar-refractivity contribution in [2.45, 2.75) is 26.2 Å². The molecule has 114 valence electrons. The highest BCUT2D eigenvalue weighted by Crippen LogP contribution is 2.18. The third-order valence-electron chi connectivity index (χ3n) is 3.35. The molecule has 7 nitrogen and oxygen atoms in total. The molecule has 1 fully saturated rings. The van der Waals surface area contributed by atoms with Crippen LogP contribution in [0.15, 0.2) is 0 Å². The lowest BCUT2D eigenvalue weighted by Crippen LogP contribution is -2.50. The van der Waals surface area contributed by atoms with E-state index in [-0.39, 0.29) is 19.1 Å². The Morgan fingerprint density at radius 3 is 2.65 bits per heavy atom. The number of urea groups is 1. The average Bonchev–Trinajstić information content (AvgIpc) is 2.45. The second kappa shape index (κ2) is 7.72. The van der Waals surface area contributed by atoms with Crippen LogP contribution in [0.1, 0.15) is 26.2 Å². The molecule has 0 radical (unpaired) electrons. The Balaban J connectivity index is 2.67. The maximum atomic E-state index is 12.4. The quantitative estimate of drug-likeness (QED) is 0.755. The fourth-order valence-electron chi connectivity index (χ4n) is 2.29. The second-order valence-electron chi connectivity index (χ2n) is 4.90. The number of amides is 2. The van der Waals surface area contributed by atoms with Crippen LogP contribution in [0.4, 0.5) is 4.79 Å². The van der Waals surface area contributed by atoms with Gasteiger partial charge in [0.25, 0.3) is 0 Å². The summed E-state index contributed by atoms with van der Waals surface area (Å²) in [4.78, 5) is 37.6. The molecule has 1 N–H and O–H groups in total. The van der Waals surface area contributed by atoms with Crippen LogP contribution >= 0.6 is 0 Å². The monoisotopic (exact) mass is 286 g/mol. The SMILES string of the molecule is CCCN(CC(=O)OC)C(=O)N1CCC[C@H](C(=O)O)C1. The van der Waals surface area contributed by atoms with Crippen LogP contribution in [0.2, 0.25) is 0 Å². The van der Waals surface area contributed by atoms with E-state index in [1.54, 1.807) is 0 Å². The van der Waals surface area contributed by atoms with Gasteiger partial charge in [0.2, 0.25) is 0 Å². The van der Waals surface area contributed by atoms with Crippen molar-refractivity contribution in [3.63, 3.8) is 0 Å². The van der Waals surface area contributed by atoms with Crippen molar-refractivity contribution < 1.29 is 24.2 Å². The van der Waals surface area contributed by atoms with E-state index in [1.807, 2.05) is 6.92 Å². The van der Waals surface area contributed by atoms with Gasteiger partial charge in [0.15, 0.2) is 0 Å². The number of esters is 1. The first-order valence-corrected chi connectivity index (χ1v) is 6.83. The number of nitrogens with zero attached hydrogens (tertiary/aromatic N) is 2. The number of carbonyl (C=O) groups is 3. The minimum atomic E-state index is -0.877. The molecule has 0 saturated carbocycles. The lowest BCUT2D eigenvalue weighted by Gasteiger charge is -2.34. The van der Waals surface area contributed by atoms with Gasteiger partial charge in [-0.3, -0.25) is 9.59 Å². The normalized spacial score (nSPS) is 18.5. The summed E-state index contributed by atoms with van der Waals surface area (Å²) in [5.41, 5.74) is 0. The van der Waals surface area contributed by atoms with Crippen LogP contribution in [0, 0.1) is 5.92 Å². The molecular formula is C13H22N2O5. The van der Waals surface area contributed by atoms with E-state index in [0.29, 0.717) is 25.9 Å². The molecule has 0 aromatic carbocycles. The molecule has 0 bridgehead atoms. The summed E-state index contributed by atoms with van der Waals surface area (Å²) in [6.07, 6.45) is 1.98. The average molecular weight is 286 g/mol. The number of methoxy groups -OCH3 is 1. The van der Waals surface area contributed by atoms with Crippen molar-refractivity contribution in [1.29, 1.82) is 0 Å². The lowest BCUT2D eigenvalue weighted by atomic mass is 9.98. The van der Waals surface area contributed by atoms with Gasteiger partial charge in [-0.2, -0.15) is 0 Å². The largest absolute Gasteiger partial charge is 0.481 e. The van der Waals surface area contributed by atoms with Gasteiger partial charge < -0.3 is 19.6 Å². The molecule has 1 aliphatic rings. The van der Waals surface area contributed by atoms with Crippen molar-refractivity contribution in [3.8, 4) is 0 Å².